The molecule has 6 nitrogen and oxygen atoms in total. The Bertz CT molecular complexity index is 599. The smallest absolute Gasteiger partial charge is 0.243 e. The quantitative estimate of drug-likeness (QED) is 0.800. The third-order valence-electron chi connectivity index (χ3n) is 3.11. The van der Waals surface area contributed by atoms with E-state index in [-0.39, 0.29) is 5.91 Å². The largest absolute Gasteiger partial charge is 0.320 e. The lowest BCUT2D eigenvalue weighted by Crippen LogP contribution is -2.37. The summed E-state index contributed by atoms with van der Waals surface area (Å²) in [5, 5.41) is 12.2. The first-order valence-corrected chi connectivity index (χ1v) is 7.93. The summed E-state index contributed by atoms with van der Waals surface area (Å²) in [4.78, 5) is 14.2. The van der Waals surface area contributed by atoms with Crippen LogP contribution in [0.3, 0.4) is 0 Å². The molecule has 0 bridgehead atoms. The molecule has 0 saturated heterocycles. The Morgan fingerprint density at radius 1 is 1.32 bits per heavy atom. The number of amides is 1. The molecule has 118 valence electrons. The molecule has 3 N–H and O–H groups in total. The minimum atomic E-state index is -0.600. The van der Waals surface area contributed by atoms with Gasteiger partial charge in [0.1, 0.15) is 5.01 Å². The van der Waals surface area contributed by atoms with E-state index in [1.165, 1.54) is 11.3 Å². The first kappa shape index (κ1) is 16.5. The lowest BCUT2D eigenvalue weighted by atomic mass is 10.1. The molecule has 0 radical (unpaired) electrons. The summed E-state index contributed by atoms with van der Waals surface area (Å²) in [6, 6.07) is 9.11. The van der Waals surface area contributed by atoms with E-state index in [0.717, 1.165) is 23.5 Å². The Morgan fingerprint density at radius 2 is 2.05 bits per heavy atom. The van der Waals surface area contributed by atoms with Gasteiger partial charge in [0.15, 0.2) is 0 Å². The van der Waals surface area contributed by atoms with E-state index >= 15 is 0 Å². The number of carbonyl (C=O) groups excluding carboxylic acids is 1. The number of likely N-dealkylation sites (N-methyl/N-ethyl adjacent to an activating group) is 1. The van der Waals surface area contributed by atoms with Crippen molar-refractivity contribution >= 4 is 22.4 Å². The molecule has 2 aromatic rings. The third-order valence-corrected chi connectivity index (χ3v) is 4.00. The molecule has 1 amide bonds. The zero-order valence-electron chi connectivity index (χ0n) is 12.8. The van der Waals surface area contributed by atoms with Gasteiger partial charge in [-0.05, 0) is 26.1 Å². The van der Waals surface area contributed by atoms with Gasteiger partial charge in [-0.2, -0.15) is 0 Å². The number of benzene rings is 1. The van der Waals surface area contributed by atoms with Crippen LogP contribution in [0.15, 0.2) is 30.3 Å². The van der Waals surface area contributed by atoms with Gasteiger partial charge in [-0.25, -0.2) is 0 Å². The van der Waals surface area contributed by atoms with Crippen LogP contribution in [0.1, 0.15) is 10.6 Å². The van der Waals surface area contributed by atoms with Crippen molar-refractivity contribution in [2.45, 2.75) is 18.9 Å². The number of hydrogen-bond donors (Lipinski definition) is 2. The van der Waals surface area contributed by atoms with E-state index in [4.69, 9.17) is 5.73 Å². The molecular weight excluding hydrogens is 298 g/mol. The van der Waals surface area contributed by atoms with Crippen molar-refractivity contribution in [1.29, 1.82) is 0 Å². The molecule has 0 fully saturated rings. The van der Waals surface area contributed by atoms with Crippen LogP contribution in [-0.2, 0) is 17.6 Å². The number of nitrogens with one attached hydrogen (secondary N) is 1. The second kappa shape index (κ2) is 7.98. The fourth-order valence-corrected chi connectivity index (χ4v) is 2.61. The van der Waals surface area contributed by atoms with Crippen LogP contribution in [0.2, 0.25) is 0 Å². The van der Waals surface area contributed by atoms with Crippen LogP contribution in [0.5, 0.6) is 0 Å². The van der Waals surface area contributed by atoms with Gasteiger partial charge < -0.3 is 10.6 Å². The highest BCUT2D eigenvalue weighted by Gasteiger charge is 2.16. The van der Waals surface area contributed by atoms with E-state index in [0.29, 0.717) is 11.6 Å². The van der Waals surface area contributed by atoms with Crippen LogP contribution in [-0.4, -0.2) is 47.7 Å². The molecule has 7 heteroatoms. The maximum absolute atomic E-state index is 12.1. The van der Waals surface area contributed by atoms with Gasteiger partial charge >= 0.3 is 0 Å². The molecule has 0 aliphatic rings. The van der Waals surface area contributed by atoms with Gasteiger partial charge in [-0.15, -0.1) is 10.2 Å². The first-order valence-electron chi connectivity index (χ1n) is 7.12. The SMILES string of the molecule is CN(C)CCc1nnc(NC(=O)C(N)Cc2ccccc2)s1. The van der Waals surface area contributed by atoms with E-state index in [1.54, 1.807) is 0 Å². The van der Waals surface area contributed by atoms with Gasteiger partial charge in [-0.1, -0.05) is 41.7 Å². The minimum Gasteiger partial charge on any atom is -0.320 e. The van der Waals surface area contributed by atoms with Crippen molar-refractivity contribution in [3.05, 3.63) is 40.9 Å². The summed E-state index contributed by atoms with van der Waals surface area (Å²) in [6.07, 6.45) is 1.32. The highest BCUT2D eigenvalue weighted by molar-refractivity contribution is 7.15. The summed E-state index contributed by atoms with van der Waals surface area (Å²) in [5.74, 6) is -0.237. The Hall–Kier alpha value is -1.83. The van der Waals surface area contributed by atoms with Crippen LogP contribution < -0.4 is 11.1 Å². The summed E-state index contributed by atoms with van der Waals surface area (Å²) < 4.78 is 0. The number of nitrogens with zero attached hydrogens (tertiary/aromatic N) is 3. The average molecular weight is 319 g/mol. The van der Waals surface area contributed by atoms with Crippen LogP contribution in [0, 0.1) is 0 Å². The molecule has 0 aliphatic carbocycles. The topological polar surface area (TPSA) is 84.1 Å². The fourth-order valence-electron chi connectivity index (χ4n) is 1.88. The van der Waals surface area contributed by atoms with Gasteiger partial charge in [0.2, 0.25) is 11.0 Å². The van der Waals surface area contributed by atoms with Crippen molar-refractivity contribution in [3.63, 3.8) is 0 Å². The number of aromatic nitrogens is 2. The van der Waals surface area contributed by atoms with E-state index in [9.17, 15) is 4.79 Å². The number of rotatable bonds is 7. The molecule has 22 heavy (non-hydrogen) atoms. The predicted molar refractivity (Wildman–Crippen MR) is 88.9 cm³/mol. The van der Waals surface area contributed by atoms with Crippen molar-refractivity contribution in [1.82, 2.24) is 15.1 Å². The van der Waals surface area contributed by atoms with Crippen LogP contribution in [0.4, 0.5) is 5.13 Å². The monoisotopic (exact) mass is 319 g/mol. The molecule has 1 heterocycles. The first-order chi connectivity index (χ1) is 10.5. The Balaban J connectivity index is 1.86. The highest BCUT2D eigenvalue weighted by Crippen LogP contribution is 2.16. The predicted octanol–water partition coefficient (Wildman–Crippen LogP) is 1.15. The van der Waals surface area contributed by atoms with E-state index in [1.807, 2.05) is 44.4 Å². The summed E-state index contributed by atoms with van der Waals surface area (Å²) in [6.45, 7) is 0.899. The number of carbonyl (C=O) groups is 1. The molecule has 1 aromatic carbocycles. The zero-order valence-corrected chi connectivity index (χ0v) is 13.6. The number of hydrogen-bond acceptors (Lipinski definition) is 6. The minimum absolute atomic E-state index is 0.237. The highest BCUT2D eigenvalue weighted by atomic mass is 32.1. The lowest BCUT2D eigenvalue weighted by molar-refractivity contribution is -0.117. The molecule has 1 unspecified atom stereocenters. The molecule has 1 atom stereocenters. The fraction of sp³-hybridized carbons (Fsp3) is 0.400. The Labute approximate surface area is 134 Å². The molecular formula is C15H21N5OS. The molecule has 0 saturated carbocycles. The Kier molecular flexibility index (Phi) is 6.00. The molecule has 0 aliphatic heterocycles. The Morgan fingerprint density at radius 3 is 2.73 bits per heavy atom. The average Bonchev–Trinajstić information content (AvgIpc) is 2.93. The van der Waals surface area contributed by atoms with Gasteiger partial charge in [-0.3, -0.25) is 10.1 Å². The molecule has 0 spiro atoms. The van der Waals surface area contributed by atoms with Gasteiger partial charge in [0.05, 0.1) is 6.04 Å². The summed E-state index contributed by atoms with van der Waals surface area (Å²) in [5.41, 5.74) is 6.98. The van der Waals surface area contributed by atoms with E-state index in [2.05, 4.69) is 20.4 Å². The summed E-state index contributed by atoms with van der Waals surface area (Å²) >= 11 is 1.39. The van der Waals surface area contributed by atoms with Crippen molar-refractivity contribution in [2.24, 2.45) is 5.73 Å². The standard InChI is InChI=1S/C15H21N5OS/c1-20(2)9-8-13-18-19-15(22-13)17-14(21)12(16)10-11-6-4-3-5-7-11/h3-7,12H,8-10,16H2,1-2H3,(H,17,19,21). The number of anilines is 1. The van der Waals surface area contributed by atoms with Gasteiger partial charge in [0, 0.05) is 13.0 Å². The third kappa shape index (κ3) is 5.18. The zero-order chi connectivity index (χ0) is 15.9. The maximum Gasteiger partial charge on any atom is 0.243 e. The van der Waals surface area contributed by atoms with E-state index < -0.39 is 6.04 Å². The van der Waals surface area contributed by atoms with Crippen LogP contribution in [0.25, 0.3) is 0 Å². The summed E-state index contributed by atoms with van der Waals surface area (Å²) in [7, 11) is 4.01. The maximum atomic E-state index is 12.1. The van der Waals surface area contributed by atoms with Crippen LogP contribution >= 0.6 is 11.3 Å². The lowest BCUT2D eigenvalue weighted by Gasteiger charge is -2.10. The van der Waals surface area contributed by atoms with Crippen molar-refractivity contribution in [2.75, 3.05) is 26.0 Å². The van der Waals surface area contributed by atoms with Gasteiger partial charge in [0.25, 0.3) is 0 Å². The second-order valence-electron chi connectivity index (χ2n) is 5.34. The number of nitrogens with two attached hydrogens (primary N) is 1. The second-order valence-corrected chi connectivity index (χ2v) is 6.40. The van der Waals surface area contributed by atoms with Crippen molar-refractivity contribution in [3.8, 4) is 0 Å². The molecule has 2 rings (SSSR count). The van der Waals surface area contributed by atoms with Crippen molar-refractivity contribution < 1.29 is 4.79 Å². The normalized spacial score (nSPS) is 12.4. The molecule has 1 aromatic heterocycles.